The number of anilines is 1. The third-order valence-corrected chi connectivity index (χ3v) is 2.26. The van der Waals surface area contributed by atoms with Crippen LogP contribution < -0.4 is 10.6 Å². The summed E-state index contributed by atoms with van der Waals surface area (Å²) in [6, 6.07) is 6.87. The zero-order chi connectivity index (χ0) is 13.4. The monoisotopic (exact) mass is 248 g/mol. The first kappa shape index (κ1) is 14.0. The van der Waals surface area contributed by atoms with Crippen molar-refractivity contribution in [2.24, 2.45) is 0 Å². The molecule has 4 N–H and O–H groups in total. The summed E-state index contributed by atoms with van der Waals surface area (Å²) < 4.78 is 0. The molecule has 1 atom stereocenters. The molecule has 0 aliphatic heterocycles. The Morgan fingerprint density at radius 3 is 2.83 bits per heavy atom. The fourth-order valence-electron chi connectivity index (χ4n) is 1.35. The summed E-state index contributed by atoms with van der Waals surface area (Å²) in [6.07, 6.45) is 4.20. The molecule has 1 unspecified atom stereocenters. The molecule has 0 aromatic heterocycles. The number of terminal acetylenes is 1. The van der Waals surface area contributed by atoms with Crippen LogP contribution >= 0.6 is 0 Å². The number of rotatable bonds is 6. The average molecular weight is 248 g/mol. The maximum atomic E-state index is 11.8. The van der Waals surface area contributed by atoms with Crippen LogP contribution in [0, 0.1) is 12.3 Å². The molecule has 5 nitrogen and oxygen atoms in total. The van der Waals surface area contributed by atoms with Crippen LogP contribution in [0.1, 0.15) is 10.4 Å². The van der Waals surface area contributed by atoms with E-state index in [1.54, 1.807) is 24.3 Å². The lowest BCUT2D eigenvalue weighted by molar-refractivity contribution is 0.0958. The summed E-state index contributed by atoms with van der Waals surface area (Å²) in [6.45, 7) is -0.0131. The Kier molecular flexibility index (Phi) is 5.71. The first-order chi connectivity index (χ1) is 8.69. The summed E-state index contributed by atoms with van der Waals surface area (Å²) >= 11 is 0. The number of hydrogen-bond acceptors (Lipinski definition) is 4. The van der Waals surface area contributed by atoms with Crippen LogP contribution in [-0.4, -0.2) is 41.9 Å². The highest BCUT2D eigenvalue weighted by molar-refractivity contribution is 5.99. The number of carbonyl (C=O) groups excluding carboxylic acids is 1. The van der Waals surface area contributed by atoms with Gasteiger partial charge in [-0.25, -0.2) is 0 Å². The van der Waals surface area contributed by atoms with Gasteiger partial charge in [0.1, 0.15) is 0 Å². The van der Waals surface area contributed by atoms with E-state index < -0.39 is 6.10 Å². The molecule has 0 aliphatic carbocycles. The van der Waals surface area contributed by atoms with Crippen molar-refractivity contribution in [3.05, 3.63) is 29.8 Å². The molecule has 0 fully saturated rings. The fraction of sp³-hybridized carbons (Fsp3) is 0.308. The van der Waals surface area contributed by atoms with Crippen LogP contribution in [-0.2, 0) is 0 Å². The zero-order valence-corrected chi connectivity index (χ0v) is 9.89. The normalized spacial score (nSPS) is 11.4. The van der Waals surface area contributed by atoms with Crippen molar-refractivity contribution in [2.75, 3.05) is 25.0 Å². The van der Waals surface area contributed by atoms with E-state index in [4.69, 9.17) is 11.5 Å². The molecule has 0 saturated heterocycles. The lowest BCUT2D eigenvalue weighted by atomic mass is 10.1. The quantitative estimate of drug-likeness (QED) is 0.526. The minimum Gasteiger partial charge on any atom is -0.394 e. The summed E-state index contributed by atoms with van der Waals surface area (Å²) in [5, 5.41) is 23.4. The van der Waals surface area contributed by atoms with Crippen LogP contribution in [0.4, 0.5) is 5.69 Å². The van der Waals surface area contributed by atoms with E-state index in [0.717, 1.165) is 0 Å². The van der Waals surface area contributed by atoms with Crippen LogP contribution in [0.3, 0.4) is 0 Å². The van der Waals surface area contributed by atoms with E-state index in [9.17, 15) is 9.90 Å². The molecular weight excluding hydrogens is 232 g/mol. The summed E-state index contributed by atoms with van der Waals surface area (Å²) in [4.78, 5) is 11.8. The Labute approximate surface area is 106 Å². The van der Waals surface area contributed by atoms with Crippen LogP contribution in [0.5, 0.6) is 0 Å². The SMILES string of the molecule is C#CCNC(=O)c1ccccc1NCC(O)CO. The van der Waals surface area contributed by atoms with Gasteiger partial charge in [-0.1, -0.05) is 18.1 Å². The summed E-state index contributed by atoms with van der Waals surface area (Å²) in [5.74, 6) is 2.04. The fourth-order valence-corrected chi connectivity index (χ4v) is 1.35. The highest BCUT2D eigenvalue weighted by Crippen LogP contribution is 2.14. The number of benzene rings is 1. The van der Waals surface area contributed by atoms with Crippen molar-refractivity contribution in [1.29, 1.82) is 0 Å². The molecule has 0 bridgehead atoms. The van der Waals surface area contributed by atoms with E-state index in [2.05, 4.69) is 16.6 Å². The van der Waals surface area contributed by atoms with Gasteiger partial charge in [-0.15, -0.1) is 6.42 Å². The predicted octanol–water partition coefficient (Wildman–Crippen LogP) is -0.185. The molecule has 5 heteroatoms. The van der Waals surface area contributed by atoms with E-state index in [-0.39, 0.29) is 25.6 Å². The van der Waals surface area contributed by atoms with E-state index >= 15 is 0 Å². The number of aliphatic hydroxyl groups excluding tert-OH is 2. The van der Waals surface area contributed by atoms with Gasteiger partial charge < -0.3 is 20.8 Å². The third kappa shape index (κ3) is 4.09. The van der Waals surface area contributed by atoms with Crippen molar-refractivity contribution in [2.45, 2.75) is 6.10 Å². The second kappa shape index (κ2) is 7.33. The van der Waals surface area contributed by atoms with Gasteiger partial charge >= 0.3 is 0 Å². The minimum absolute atomic E-state index is 0.159. The lowest BCUT2D eigenvalue weighted by Gasteiger charge is -2.13. The average Bonchev–Trinajstić information content (AvgIpc) is 2.42. The van der Waals surface area contributed by atoms with Crippen LogP contribution in [0.25, 0.3) is 0 Å². The first-order valence-corrected chi connectivity index (χ1v) is 5.52. The van der Waals surface area contributed by atoms with Gasteiger partial charge in [0, 0.05) is 12.2 Å². The summed E-state index contributed by atoms with van der Waals surface area (Å²) in [7, 11) is 0. The highest BCUT2D eigenvalue weighted by Gasteiger charge is 2.10. The number of hydrogen-bond donors (Lipinski definition) is 4. The molecule has 0 heterocycles. The topological polar surface area (TPSA) is 81.6 Å². The van der Waals surface area contributed by atoms with Gasteiger partial charge in [-0.2, -0.15) is 0 Å². The first-order valence-electron chi connectivity index (χ1n) is 5.52. The smallest absolute Gasteiger partial charge is 0.254 e. The maximum Gasteiger partial charge on any atom is 0.254 e. The Hall–Kier alpha value is -2.03. The lowest BCUT2D eigenvalue weighted by Crippen LogP contribution is -2.27. The number of nitrogens with one attached hydrogen (secondary N) is 2. The number of aliphatic hydroxyl groups is 2. The van der Waals surface area contributed by atoms with E-state index in [1.807, 2.05) is 0 Å². The second-order valence-electron chi connectivity index (χ2n) is 3.65. The van der Waals surface area contributed by atoms with Crippen molar-refractivity contribution in [3.63, 3.8) is 0 Å². The highest BCUT2D eigenvalue weighted by atomic mass is 16.3. The molecule has 18 heavy (non-hydrogen) atoms. The van der Waals surface area contributed by atoms with Gasteiger partial charge in [0.15, 0.2) is 0 Å². The molecule has 1 rings (SSSR count). The van der Waals surface area contributed by atoms with Gasteiger partial charge in [0.2, 0.25) is 0 Å². The van der Waals surface area contributed by atoms with Gasteiger partial charge in [0.05, 0.1) is 24.8 Å². The molecule has 0 radical (unpaired) electrons. The summed E-state index contributed by atoms with van der Waals surface area (Å²) in [5.41, 5.74) is 1.03. The van der Waals surface area contributed by atoms with Gasteiger partial charge in [-0.05, 0) is 12.1 Å². The molecule has 0 saturated carbocycles. The Morgan fingerprint density at radius 1 is 1.44 bits per heavy atom. The van der Waals surface area contributed by atoms with Crippen molar-refractivity contribution in [3.8, 4) is 12.3 Å². The van der Waals surface area contributed by atoms with E-state index in [0.29, 0.717) is 11.3 Å². The maximum absolute atomic E-state index is 11.8. The van der Waals surface area contributed by atoms with E-state index in [1.165, 1.54) is 0 Å². The molecule has 1 aromatic carbocycles. The molecule has 96 valence electrons. The molecule has 0 spiro atoms. The Morgan fingerprint density at radius 2 is 2.17 bits per heavy atom. The molecule has 1 aromatic rings. The second-order valence-corrected chi connectivity index (χ2v) is 3.65. The Balaban J connectivity index is 2.73. The van der Waals surface area contributed by atoms with Gasteiger partial charge in [-0.3, -0.25) is 4.79 Å². The third-order valence-electron chi connectivity index (χ3n) is 2.26. The van der Waals surface area contributed by atoms with Crippen LogP contribution in [0.2, 0.25) is 0 Å². The predicted molar refractivity (Wildman–Crippen MR) is 69.2 cm³/mol. The van der Waals surface area contributed by atoms with Crippen LogP contribution in [0.15, 0.2) is 24.3 Å². The number of para-hydroxylation sites is 1. The molecule has 0 aliphatic rings. The number of amides is 1. The Bertz CT molecular complexity index is 440. The zero-order valence-electron chi connectivity index (χ0n) is 9.89. The van der Waals surface area contributed by atoms with Crippen molar-refractivity contribution < 1.29 is 15.0 Å². The molecular formula is C13H16N2O3. The van der Waals surface area contributed by atoms with Crippen molar-refractivity contribution >= 4 is 11.6 Å². The minimum atomic E-state index is -0.869. The number of carbonyl (C=O) groups is 1. The van der Waals surface area contributed by atoms with Crippen molar-refractivity contribution in [1.82, 2.24) is 5.32 Å². The largest absolute Gasteiger partial charge is 0.394 e. The molecule has 1 amide bonds. The standard InChI is InChI=1S/C13H16N2O3/c1-2-7-14-13(18)11-5-3-4-6-12(11)15-8-10(17)9-16/h1,3-6,10,15-17H,7-9H2,(H,14,18). The van der Waals surface area contributed by atoms with Gasteiger partial charge in [0.25, 0.3) is 5.91 Å².